The topological polar surface area (TPSA) is 111 Å². The van der Waals surface area contributed by atoms with E-state index < -0.39 is 28.3 Å². The van der Waals surface area contributed by atoms with E-state index in [4.69, 9.17) is 13.7 Å². The molecule has 1 N–H and O–H groups in total. The van der Waals surface area contributed by atoms with Gasteiger partial charge < -0.3 is 19.0 Å². The van der Waals surface area contributed by atoms with E-state index in [0.29, 0.717) is 38.3 Å². The van der Waals surface area contributed by atoms with Gasteiger partial charge >= 0.3 is 7.12 Å². The van der Waals surface area contributed by atoms with Gasteiger partial charge in [-0.1, -0.05) is 0 Å². The number of aryl methyl sites for hydroxylation is 1. The number of anilines is 1. The van der Waals surface area contributed by atoms with Gasteiger partial charge in [-0.05, 0) is 40.7 Å². The van der Waals surface area contributed by atoms with Crippen LogP contribution < -0.4 is 15.1 Å². The van der Waals surface area contributed by atoms with Crippen molar-refractivity contribution in [2.75, 3.05) is 24.7 Å². The molecule has 0 aliphatic carbocycles. The Morgan fingerprint density at radius 1 is 1.18 bits per heavy atom. The second-order valence-corrected chi connectivity index (χ2v) is 12.6. The van der Waals surface area contributed by atoms with E-state index in [0.717, 1.165) is 15.6 Å². The summed E-state index contributed by atoms with van der Waals surface area (Å²) in [5.41, 5.74) is 0.255. The van der Waals surface area contributed by atoms with Gasteiger partial charge in [0.05, 0.1) is 38.6 Å². The Morgan fingerprint density at radius 3 is 2.29 bits per heavy atom. The third-order valence-corrected chi connectivity index (χ3v) is 8.58. The molecule has 1 aromatic carbocycles. The van der Waals surface area contributed by atoms with Crippen LogP contribution in [0.1, 0.15) is 43.1 Å². The highest BCUT2D eigenvalue weighted by Gasteiger charge is 2.52. The normalized spacial score (nSPS) is 17.4. The van der Waals surface area contributed by atoms with Crippen molar-refractivity contribution in [3.05, 3.63) is 28.9 Å². The van der Waals surface area contributed by atoms with Crippen LogP contribution in [0.4, 0.5) is 5.69 Å². The molecule has 1 fully saturated rings. The number of benzene rings is 1. The quantitative estimate of drug-likeness (QED) is 0.531. The highest BCUT2D eigenvalue weighted by atomic mass is 32.2. The van der Waals surface area contributed by atoms with Crippen molar-refractivity contribution in [3.63, 3.8) is 0 Å². The number of nitrogens with one attached hydrogen (secondary N) is 1. The van der Waals surface area contributed by atoms with Gasteiger partial charge in [0.25, 0.3) is 5.91 Å². The maximum atomic E-state index is 13.0. The number of carbonyl (C=O) groups excluding carboxylic acids is 1. The summed E-state index contributed by atoms with van der Waals surface area (Å²) < 4.78 is 44.7. The predicted molar refractivity (Wildman–Crippen MR) is 134 cm³/mol. The zero-order chi connectivity index (χ0) is 25.2. The number of amides is 1. The Hall–Kier alpha value is -2.41. The van der Waals surface area contributed by atoms with Crippen molar-refractivity contribution in [1.82, 2.24) is 10.3 Å². The molecule has 0 radical (unpaired) electrons. The zero-order valence-corrected chi connectivity index (χ0v) is 22.1. The van der Waals surface area contributed by atoms with Gasteiger partial charge in [0, 0.05) is 37.2 Å². The number of aromatic nitrogens is 1. The first-order valence-corrected chi connectivity index (χ1v) is 13.4. The molecule has 0 atom stereocenters. The van der Waals surface area contributed by atoms with E-state index >= 15 is 0 Å². The van der Waals surface area contributed by atoms with Gasteiger partial charge in [-0.25, -0.2) is 13.4 Å². The number of thiazole rings is 1. The van der Waals surface area contributed by atoms with Gasteiger partial charge in [0.15, 0.2) is 5.76 Å². The Balaban J connectivity index is 2.02. The average Bonchev–Trinajstić information content (AvgIpc) is 3.38. The molecule has 2 aromatic heterocycles. The number of carbonyl (C=O) groups is 1. The Morgan fingerprint density at radius 2 is 1.79 bits per heavy atom. The van der Waals surface area contributed by atoms with Crippen molar-refractivity contribution in [1.29, 1.82) is 0 Å². The van der Waals surface area contributed by atoms with E-state index in [1.807, 2.05) is 34.6 Å². The highest BCUT2D eigenvalue weighted by molar-refractivity contribution is 7.92. The second-order valence-electron chi connectivity index (χ2n) is 9.35. The fourth-order valence-corrected chi connectivity index (χ4v) is 5.03. The standard InChI is InChI=1S/C22H28BN3O6S2/c1-12-25-11-17(33-12)19-18(20(27)24-6)13-9-14(23-31-21(2,3)22(4,5)32-23)15(10-16(13)30-19)26(7)34(8,28)29/h9-11H,1-8H3,(H,24,27). The first-order chi connectivity index (χ1) is 15.7. The number of rotatable bonds is 5. The summed E-state index contributed by atoms with van der Waals surface area (Å²) in [4.78, 5) is 17.9. The molecule has 1 saturated heterocycles. The summed E-state index contributed by atoms with van der Waals surface area (Å²) in [5, 5.41) is 4.02. The number of nitrogens with zero attached hydrogens (tertiary/aromatic N) is 2. The minimum Gasteiger partial charge on any atom is -0.454 e. The van der Waals surface area contributed by atoms with E-state index in [1.165, 1.54) is 18.4 Å². The monoisotopic (exact) mass is 505 g/mol. The van der Waals surface area contributed by atoms with Gasteiger partial charge in [-0.2, -0.15) is 0 Å². The van der Waals surface area contributed by atoms with E-state index in [9.17, 15) is 13.2 Å². The second kappa shape index (κ2) is 8.08. The van der Waals surface area contributed by atoms with Crippen molar-refractivity contribution in [2.24, 2.45) is 0 Å². The highest BCUT2D eigenvalue weighted by Crippen LogP contribution is 2.40. The number of hydrogen-bond donors (Lipinski definition) is 1. The summed E-state index contributed by atoms with van der Waals surface area (Å²) in [6, 6.07) is 3.33. The first-order valence-electron chi connectivity index (χ1n) is 10.7. The molecule has 12 heteroatoms. The number of furan rings is 1. The summed E-state index contributed by atoms with van der Waals surface area (Å²) in [5.74, 6) is 0.0443. The van der Waals surface area contributed by atoms with Gasteiger partial charge in [0.2, 0.25) is 10.0 Å². The molecule has 3 heterocycles. The van der Waals surface area contributed by atoms with Crippen LogP contribution >= 0.6 is 11.3 Å². The largest absolute Gasteiger partial charge is 0.497 e. The lowest BCUT2D eigenvalue weighted by Gasteiger charge is -2.32. The third kappa shape index (κ3) is 4.02. The van der Waals surface area contributed by atoms with Crippen LogP contribution in [0.15, 0.2) is 22.7 Å². The summed E-state index contributed by atoms with van der Waals surface area (Å²) in [6.07, 6.45) is 2.78. The smallest absolute Gasteiger partial charge is 0.454 e. The average molecular weight is 505 g/mol. The molecule has 4 rings (SSSR count). The van der Waals surface area contributed by atoms with Gasteiger partial charge in [-0.15, -0.1) is 11.3 Å². The molecule has 0 saturated carbocycles. The number of hydrogen-bond acceptors (Lipinski definition) is 8. The van der Waals surface area contributed by atoms with Crippen LogP contribution in [0, 0.1) is 6.92 Å². The molecule has 9 nitrogen and oxygen atoms in total. The predicted octanol–water partition coefficient (Wildman–Crippen LogP) is 2.92. The van der Waals surface area contributed by atoms with Crippen LogP contribution in [0.3, 0.4) is 0 Å². The van der Waals surface area contributed by atoms with Crippen LogP contribution in [0.2, 0.25) is 0 Å². The minimum atomic E-state index is -3.61. The van der Waals surface area contributed by atoms with E-state index in [-0.39, 0.29) is 5.91 Å². The summed E-state index contributed by atoms with van der Waals surface area (Å²) in [7, 11) is -1.46. The fourth-order valence-electron chi connectivity index (χ4n) is 3.75. The Labute approximate surface area is 203 Å². The molecule has 3 aromatic rings. The van der Waals surface area contributed by atoms with Crippen molar-refractivity contribution in [3.8, 4) is 10.6 Å². The third-order valence-electron chi connectivity index (χ3n) is 6.48. The maximum absolute atomic E-state index is 13.0. The van der Waals surface area contributed by atoms with Crippen molar-refractivity contribution >= 4 is 56.5 Å². The Bertz CT molecular complexity index is 1380. The molecule has 0 unspecified atom stereocenters. The molecule has 34 heavy (non-hydrogen) atoms. The molecule has 0 bridgehead atoms. The van der Waals surface area contributed by atoms with Gasteiger partial charge in [0.1, 0.15) is 5.58 Å². The summed E-state index contributed by atoms with van der Waals surface area (Å²) in [6.45, 7) is 9.55. The SMILES string of the molecule is CNC(=O)c1c(-c2cnc(C)s2)oc2cc(N(C)S(C)(=O)=O)c(B3OC(C)(C)C(C)(C)O3)cc12. The van der Waals surface area contributed by atoms with Crippen molar-refractivity contribution in [2.45, 2.75) is 45.8 Å². The Kier molecular flexibility index (Phi) is 5.87. The van der Waals surface area contributed by atoms with Gasteiger partial charge in [-0.3, -0.25) is 9.10 Å². The minimum absolute atomic E-state index is 0.330. The van der Waals surface area contributed by atoms with Crippen molar-refractivity contribution < 1.29 is 26.9 Å². The fraction of sp³-hybridized carbons (Fsp3) is 0.455. The lowest BCUT2D eigenvalue weighted by Crippen LogP contribution is -2.41. The maximum Gasteiger partial charge on any atom is 0.497 e. The summed E-state index contributed by atoms with van der Waals surface area (Å²) >= 11 is 1.40. The van der Waals surface area contributed by atoms with E-state index in [2.05, 4.69) is 10.3 Å². The van der Waals surface area contributed by atoms with Crippen LogP contribution in [-0.4, -0.2) is 58.0 Å². The molecule has 1 amide bonds. The van der Waals surface area contributed by atoms with Crippen LogP contribution in [-0.2, 0) is 19.3 Å². The molecular formula is C22H28BN3O6S2. The molecule has 1 aliphatic rings. The lowest BCUT2D eigenvalue weighted by molar-refractivity contribution is 0.00578. The number of fused-ring (bicyclic) bond motifs is 1. The van der Waals surface area contributed by atoms with Crippen LogP contribution in [0.5, 0.6) is 0 Å². The number of sulfonamides is 1. The lowest BCUT2D eigenvalue weighted by atomic mass is 9.77. The zero-order valence-electron chi connectivity index (χ0n) is 20.5. The van der Waals surface area contributed by atoms with Crippen LogP contribution in [0.25, 0.3) is 21.6 Å². The molecule has 1 aliphatic heterocycles. The first kappa shape index (κ1) is 24.7. The molecular weight excluding hydrogens is 477 g/mol. The molecule has 0 spiro atoms. The van der Waals surface area contributed by atoms with E-state index in [1.54, 1.807) is 25.4 Å². The molecule has 182 valence electrons.